The summed E-state index contributed by atoms with van der Waals surface area (Å²) in [5.41, 5.74) is 3.00. The zero-order chi connectivity index (χ0) is 19.4. The molecule has 0 aliphatic carbocycles. The SMILES string of the molecule is COC[C@@H](C)n1c(C)cc(C(=O)COc2ccc([N+](=O)[O-])c(C)c2)c1C. The number of hydrogen-bond donors (Lipinski definition) is 0. The number of carbonyl (C=O) groups is 1. The van der Waals surface area contributed by atoms with Crippen LogP contribution in [-0.2, 0) is 4.74 Å². The number of hydrogen-bond acceptors (Lipinski definition) is 5. The molecule has 1 aromatic heterocycles. The van der Waals surface area contributed by atoms with E-state index in [-0.39, 0.29) is 24.1 Å². The molecule has 0 N–H and O–H groups in total. The molecule has 0 radical (unpaired) electrons. The second-order valence-electron chi connectivity index (χ2n) is 6.38. The number of nitro groups is 1. The molecule has 140 valence electrons. The molecule has 1 aromatic carbocycles. The highest BCUT2D eigenvalue weighted by molar-refractivity contribution is 5.98. The zero-order valence-corrected chi connectivity index (χ0v) is 15.7. The minimum atomic E-state index is -0.444. The minimum absolute atomic E-state index is 0.0272. The number of ether oxygens (including phenoxy) is 2. The lowest BCUT2D eigenvalue weighted by molar-refractivity contribution is -0.385. The maximum absolute atomic E-state index is 12.6. The molecule has 0 fully saturated rings. The molecule has 7 heteroatoms. The lowest BCUT2D eigenvalue weighted by Crippen LogP contribution is -2.16. The summed E-state index contributed by atoms with van der Waals surface area (Å²) in [4.78, 5) is 23.0. The normalized spacial score (nSPS) is 12.0. The van der Waals surface area contributed by atoms with Gasteiger partial charge < -0.3 is 14.0 Å². The quantitative estimate of drug-likeness (QED) is 0.406. The van der Waals surface area contributed by atoms with Crippen molar-refractivity contribution in [1.82, 2.24) is 4.57 Å². The first-order valence-electron chi connectivity index (χ1n) is 8.34. The van der Waals surface area contributed by atoms with Gasteiger partial charge in [0.05, 0.1) is 17.6 Å². The van der Waals surface area contributed by atoms with Crippen LogP contribution in [0.1, 0.15) is 40.3 Å². The van der Waals surface area contributed by atoms with E-state index in [1.807, 2.05) is 26.8 Å². The van der Waals surface area contributed by atoms with Gasteiger partial charge in [-0.25, -0.2) is 0 Å². The van der Waals surface area contributed by atoms with Crippen molar-refractivity contribution in [2.45, 2.75) is 33.7 Å². The Kier molecular flexibility index (Phi) is 6.15. The van der Waals surface area contributed by atoms with Gasteiger partial charge in [0.2, 0.25) is 5.78 Å². The van der Waals surface area contributed by atoms with E-state index < -0.39 is 4.92 Å². The lowest BCUT2D eigenvalue weighted by Gasteiger charge is -2.17. The molecule has 0 aliphatic heterocycles. The van der Waals surface area contributed by atoms with Gasteiger partial charge in [0.1, 0.15) is 5.75 Å². The number of rotatable bonds is 8. The summed E-state index contributed by atoms with van der Waals surface area (Å²) >= 11 is 0. The summed E-state index contributed by atoms with van der Waals surface area (Å²) in [7, 11) is 1.65. The molecule has 2 rings (SSSR count). The van der Waals surface area contributed by atoms with Crippen molar-refractivity contribution in [3.05, 3.63) is 56.9 Å². The van der Waals surface area contributed by atoms with Gasteiger partial charge in [-0.15, -0.1) is 0 Å². The van der Waals surface area contributed by atoms with Gasteiger partial charge in [-0.2, -0.15) is 0 Å². The summed E-state index contributed by atoms with van der Waals surface area (Å²) in [5.74, 6) is 0.299. The van der Waals surface area contributed by atoms with Crippen LogP contribution < -0.4 is 4.74 Å². The summed E-state index contributed by atoms with van der Waals surface area (Å²) in [6.45, 7) is 7.97. The first kappa shape index (κ1) is 19.7. The Balaban J connectivity index is 2.12. The Labute approximate surface area is 152 Å². The van der Waals surface area contributed by atoms with E-state index in [4.69, 9.17) is 9.47 Å². The number of methoxy groups -OCH3 is 1. The number of nitro benzene ring substituents is 1. The van der Waals surface area contributed by atoms with Gasteiger partial charge in [-0.3, -0.25) is 14.9 Å². The monoisotopic (exact) mass is 360 g/mol. The van der Waals surface area contributed by atoms with E-state index in [0.717, 1.165) is 11.4 Å². The number of carbonyl (C=O) groups excluding carboxylic acids is 1. The van der Waals surface area contributed by atoms with E-state index in [9.17, 15) is 14.9 Å². The number of aryl methyl sites for hydroxylation is 2. The predicted molar refractivity (Wildman–Crippen MR) is 98.2 cm³/mol. The van der Waals surface area contributed by atoms with E-state index in [2.05, 4.69) is 4.57 Å². The summed E-state index contributed by atoms with van der Waals surface area (Å²) in [6, 6.07) is 6.43. The van der Waals surface area contributed by atoms with Crippen LogP contribution >= 0.6 is 0 Å². The molecule has 0 aliphatic rings. The van der Waals surface area contributed by atoms with Gasteiger partial charge >= 0.3 is 0 Å². The molecule has 0 amide bonds. The van der Waals surface area contributed by atoms with Crippen LogP contribution in [0.15, 0.2) is 24.3 Å². The Hall–Kier alpha value is -2.67. The largest absolute Gasteiger partial charge is 0.485 e. The van der Waals surface area contributed by atoms with Gasteiger partial charge in [0.25, 0.3) is 5.69 Å². The molecule has 7 nitrogen and oxygen atoms in total. The molecule has 0 saturated carbocycles. The Morgan fingerprint density at radius 2 is 1.96 bits per heavy atom. The zero-order valence-electron chi connectivity index (χ0n) is 15.7. The Morgan fingerprint density at radius 3 is 2.54 bits per heavy atom. The molecule has 1 atom stereocenters. The maximum atomic E-state index is 12.6. The predicted octanol–water partition coefficient (Wildman–Crippen LogP) is 3.79. The average molecular weight is 360 g/mol. The van der Waals surface area contributed by atoms with Gasteiger partial charge in [-0.05, 0) is 45.9 Å². The smallest absolute Gasteiger partial charge is 0.272 e. The fourth-order valence-electron chi connectivity index (χ4n) is 3.20. The molecule has 1 heterocycles. The summed E-state index contributed by atoms with van der Waals surface area (Å²) in [5, 5.41) is 10.9. The highest BCUT2D eigenvalue weighted by atomic mass is 16.6. The number of nitrogens with zero attached hydrogens (tertiary/aromatic N) is 2. The topological polar surface area (TPSA) is 83.6 Å². The second kappa shape index (κ2) is 8.14. The number of Topliss-reactive ketones (excluding diaryl/α,β-unsaturated/α-hetero) is 1. The number of ketones is 1. The van der Waals surface area contributed by atoms with Crippen LogP contribution in [-0.4, -0.2) is 35.6 Å². The third-order valence-corrected chi connectivity index (χ3v) is 4.37. The van der Waals surface area contributed by atoms with Crippen molar-refractivity contribution in [1.29, 1.82) is 0 Å². The Morgan fingerprint density at radius 1 is 1.27 bits per heavy atom. The lowest BCUT2D eigenvalue weighted by atomic mass is 10.1. The first-order chi connectivity index (χ1) is 12.3. The number of benzene rings is 1. The van der Waals surface area contributed by atoms with Crippen LogP contribution in [0, 0.1) is 30.9 Å². The van der Waals surface area contributed by atoms with Crippen LogP contribution in [0.2, 0.25) is 0 Å². The molecular formula is C19H24N2O5. The Bertz CT molecular complexity index is 826. The highest BCUT2D eigenvalue weighted by Gasteiger charge is 2.19. The minimum Gasteiger partial charge on any atom is -0.485 e. The van der Waals surface area contributed by atoms with Crippen molar-refractivity contribution in [3.8, 4) is 5.75 Å². The van der Waals surface area contributed by atoms with Crippen molar-refractivity contribution >= 4 is 11.5 Å². The molecule has 0 unspecified atom stereocenters. The molecule has 0 saturated heterocycles. The third kappa shape index (κ3) is 4.11. The van der Waals surface area contributed by atoms with Crippen molar-refractivity contribution in [2.24, 2.45) is 0 Å². The van der Waals surface area contributed by atoms with Gasteiger partial charge in [0.15, 0.2) is 6.61 Å². The fraction of sp³-hybridized carbons (Fsp3) is 0.421. The second-order valence-corrected chi connectivity index (χ2v) is 6.38. The molecule has 2 aromatic rings. The highest BCUT2D eigenvalue weighted by Crippen LogP contribution is 2.24. The van der Waals surface area contributed by atoms with Gasteiger partial charge in [-0.1, -0.05) is 0 Å². The third-order valence-electron chi connectivity index (χ3n) is 4.37. The maximum Gasteiger partial charge on any atom is 0.272 e. The van der Waals surface area contributed by atoms with Crippen molar-refractivity contribution < 1.29 is 19.2 Å². The van der Waals surface area contributed by atoms with E-state index >= 15 is 0 Å². The van der Waals surface area contributed by atoms with Crippen molar-refractivity contribution in [2.75, 3.05) is 20.3 Å². The van der Waals surface area contributed by atoms with Crippen LogP contribution in [0.3, 0.4) is 0 Å². The first-order valence-corrected chi connectivity index (χ1v) is 8.34. The summed E-state index contributed by atoms with van der Waals surface area (Å²) in [6.07, 6.45) is 0. The molecule has 26 heavy (non-hydrogen) atoms. The fourth-order valence-corrected chi connectivity index (χ4v) is 3.20. The van der Waals surface area contributed by atoms with Crippen LogP contribution in [0.4, 0.5) is 5.69 Å². The summed E-state index contributed by atoms with van der Waals surface area (Å²) < 4.78 is 12.8. The molecule has 0 bridgehead atoms. The van der Waals surface area contributed by atoms with E-state index in [1.54, 1.807) is 20.1 Å². The average Bonchev–Trinajstić information content (AvgIpc) is 2.87. The van der Waals surface area contributed by atoms with Crippen molar-refractivity contribution in [3.63, 3.8) is 0 Å². The molecular weight excluding hydrogens is 336 g/mol. The van der Waals surface area contributed by atoms with Gasteiger partial charge in [0, 0.05) is 35.7 Å². The standard InChI is InChI=1S/C19H24N2O5/c1-12-8-16(6-7-18(12)21(23)24)26-11-19(22)17-9-13(2)20(15(17)4)14(3)10-25-5/h6-9,14H,10-11H2,1-5H3/t14-/m1/s1. The van der Waals surface area contributed by atoms with Crippen LogP contribution in [0.25, 0.3) is 0 Å². The van der Waals surface area contributed by atoms with E-state index in [0.29, 0.717) is 23.5 Å². The number of aromatic nitrogens is 1. The molecule has 0 spiro atoms. The van der Waals surface area contributed by atoms with Crippen LogP contribution in [0.5, 0.6) is 5.75 Å². The van der Waals surface area contributed by atoms with E-state index in [1.165, 1.54) is 12.1 Å².